The Bertz CT molecular complexity index is 1510. The summed E-state index contributed by atoms with van der Waals surface area (Å²) in [5.74, 6) is -0.832. The molecular weight excluding hydrogens is 463 g/mol. The number of hydrogen-bond acceptors (Lipinski definition) is 9. The molecule has 0 saturated heterocycles. The Balaban J connectivity index is 1.61. The maximum Gasteiger partial charge on any atom is 0.351 e. The monoisotopic (exact) mass is 482 g/mol. The molecule has 0 spiro atoms. The van der Waals surface area contributed by atoms with Gasteiger partial charge in [0.15, 0.2) is 5.69 Å². The molecule has 2 aromatic heterocycles. The molecule has 4 aromatic rings. The van der Waals surface area contributed by atoms with E-state index in [0.717, 1.165) is 21.4 Å². The van der Waals surface area contributed by atoms with Crippen molar-refractivity contribution in [2.24, 2.45) is 7.05 Å². The molecule has 1 N–H and O–H groups in total. The van der Waals surface area contributed by atoms with Gasteiger partial charge in [-0.25, -0.2) is 9.18 Å². The summed E-state index contributed by atoms with van der Waals surface area (Å²) in [6.07, 6.45) is 0. The zero-order valence-corrected chi connectivity index (χ0v) is 18.8. The van der Waals surface area contributed by atoms with Crippen LogP contribution in [0.3, 0.4) is 0 Å². The molecule has 0 fully saturated rings. The lowest BCUT2D eigenvalue weighted by molar-refractivity contribution is 0.0906. The van der Waals surface area contributed by atoms with Gasteiger partial charge in [0.05, 0.1) is 19.9 Å². The molecule has 0 aliphatic carbocycles. The maximum atomic E-state index is 13.3. The highest BCUT2D eigenvalue weighted by molar-refractivity contribution is 5.89. The van der Waals surface area contributed by atoms with Crippen molar-refractivity contribution in [3.63, 3.8) is 0 Å². The van der Waals surface area contributed by atoms with Gasteiger partial charge < -0.3 is 19.3 Å². The number of amides is 1. The lowest BCUT2D eigenvalue weighted by atomic mass is 10.2. The summed E-state index contributed by atoms with van der Waals surface area (Å²) in [6, 6.07) is 10.0. The lowest BCUT2D eigenvalue weighted by Gasteiger charge is -2.10. The standard InChI is InChI=1S/C22H19FN6O6/c1-28-21(31)17(26-29(22(28)32)14-6-4-13(23)5-7-14)18-25-20(35-27-18)19(30)24-11-12-10-15(33-2)8-9-16(12)34-3/h4-10H,11H2,1-3H3,(H,24,30). The van der Waals surface area contributed by atoms with Crippen LogP contribution >= 0.6 is 0 Å². The fraction of sp³-hybridized carbons (Fsp3) is 0.182. The van der Waals surface area contributed by atoms with Crippen LogP contribution in [0.5, 0.6) is 11.5 Å². The van der Waals surface area contributed by atoms with Crippen molar-refractivity contribution in [1.82, 2.24) is 29.8 Å². The first-order valence-corrected chi connectivity index (χ1v) is 10.1. The van der Waals surface area contributed by atoms with E-state index in [0.29, 0.717) is 17.1 Å². The highest BCUT2D eigenvalue weighted by Crippen LogP contribution is 2.23. The van der Waals surface area contributed by atoms with Crippen molar-refractivity contribution in [2.45, 2.75) is 6.54 Å². The predicted molar refractivity (Wildman–Crippen MR) is 119 cm³/mol. The van der Waals surface area contributed by atoms with Gasteiger partial charge in [-0.05, 0) is 42.5 Å². The van der Waals surface area contributed by atoms with Gasteiger partial charge in [-0.15, -0.1) is 0 Å². The normalized spacial score (nSPS) is 10.7. The highest BCUT2D eigenvalue weighted by Gasteiger charge is 2.22. The second-order valence-corrected chi connectivity index (χ2v) is 7.17. The summed E-state index contributed by atoms with van der Waals surface area (Å²) in [7, 11) is 4.25. The minimum atomic E-state index is -0.803. The summed E-state index contributed by atoms with van der Waals surface area (Å²) in [4.78, 5) is 41.7. The molecule has 0 unspecified atom stereocenters. The van der Waals surface area contributed by atoms with Crippen LogP contribution in [0.4, 0.5) is 4.39 Å². The number of methoxy groups -OCH3 is 2. The zero-order chi connectivity index (χ0) is 25.1. The topological polar surface area (TPSA) is 143 Å². The molecule has 12 nitrogen and oxygen atoms in total. The highest BCUT2D eigenvalue weighted by atomic mass is 19.1. The average molecular weight is 482 g/mol. The fourth-order valence-corrected chi connectivity index (χ4v) is 3.15. The molecule has 2 heterocycles. The van der Waals surface area contributed by atoms with Crippen molar-refractivity contribution in [1.29, 1.82) is 0 Å². The quantitative estimate of drug-likeness (QED) is 0.409. The Morgan fingerprint density at radius 3 is 2.54 bits per heavy atom. The number of hydrogen-bond donors (Lipinski definition) is 1. The number of aromatic nitrogens is 5. The second kappa shape index (κ2) is 9.59. The van der Waals surface area contributed by atoms with Crippen LogP contribution in [0.15, 0.2) is 56.6 Å². The third-order valence-electron chi connectivity index (χ3n) is 5.01. The largest absolute Gasteiger partial charge is 0.497 e. The molecule has 1 amide bonds. The van der Waals surface area contributed by atoms with E-state index >= 15 is 0 Å². The number of nitrogens with one attached hydrogen (secondary N) is 1. The third kappa shape index (κ3) is 4.64. The van der Waals surface area contributed by atoms with Gasteiger partial charge in [0.2, 0.25) is 5.82 Å². The molecular formula is C22H19FN6O6. The molecule has 0 saturated carbocycles. The number of benzene rings is 2. The van der Waals surface area contributed by atoms with Crippen LogP contribution in [-0.2, 0) is 13.6 Å². The summed E-state index contributed by atoms with van der Waals surface area (Å²) < 4.78 is 30.4. The summed E-state index contributed by atoms with van der Waals surface area (Å²) >= 11 is 0. The van der Waals surface area contributed by atoms with E-state index in [9.17, 15) is 18.8 Å². The van der Waals surface area contributed by atoms with Gasteiger partial charge in [0.25, 0.3) is 5.56 Å². The van der Waals surface area contributed by atoms with Gasteiger partial charge >= 0.3 is 17.5 Å². The molecule has 0 atom stereocenters. The van der Waals surface area contributed by atoms with Crippen molar-refractivity contribution in [2.75, 3.05) is 14.2 Å². The molecule has 2 aromatic carbocycles. The molecule has 180 valence electrons. The Morgan fingerprint density at radius 2 is 1.86 bits per heavy atom. The van der Waals surface area contributed by atoms with E-state index in [4.69, 9.17) is 14.0 Å². The van der Waals surface area contributed by atoms with E-state index < -0.39 is 28.9 Å². The summed E-state index contributed by atoms with van der Waals surface area (Å²) in [5, 5.41) is 10.3. The van der Waals surface area contributed by atoms with E-state index in [1.54, 1.807) is 18.2 Å². The minimum Gasteiger partial charge on any atom is -0.497 e. The first-order chi connectivity index (χ1) is 16.8. The zero-order valence-electron chi connectivity index (χ0n) is 18.8. The Morgan fingerprint density at radius 1 is 1.11 bits per heavy atom. The van der Waals surface area contributed by atoms with Crippen LogP contribution in [-0.4, -0.2) is 44.6 Å². The summed E-state index contributed by atoms with van der Waals surface area (Å²) in [5.41, 5.74) is -1.06. The second-order valence-electron chi connectivity index (χ2n) is 7.17. The van der Waals surface area contributed by atoms with Crippen LogP contribution in [0.1, 0.15) is 16.2 Å². The Labute approximate surface area is 196 Å². The van der Waals surface area contributed by atoms with Crippen LogP contribution < -0.4 is 26.0 Å². The first-order valence-electron chi connectivity index (χ1n) is 10.1. The number of ether oxygens (including phenoxy) is 2. The lowest BCUT2D eigenvalue weighted by Crippen LogP contribution is -2.40. The van der Waals surface area contributed by atoms with Crippen molar-refractivity contribution in [3.8, 4) is 28.7 Å². The fourth-order valence-electron chi connectivity index (χ4n) is 3.15. The van der Waals surface area contributed by atoms with Gasteiger partial charge in [-0.1, -0.05) is 5.16 Å². The minimum absolute atomic E-state index is 0.0619. The van der Waals surface area contributed by atoms with E-state index in [1.165, 1.54) is 33.4 Å². The van der Waals surface area contributed by atoms with E-state index in [1.807, 2.05) is 0 Å². The molecule has 0 bridgehead atoms. The predicted octanol–water partition coefficient (Wildman–Crippen LogP) is 1.07. The number of carbonyl (C=O) groups excluding carboxylic acids is 1. The van der Waals surface area contributed by atoms with Crippen LogP contribution in [0.2, 0.25) is 0 Å². The maximum absolute atomic E-state index is 13.3. The molecule has 35 heavy (non-hydrogen) atoms. The SMILES string of the molecule is COc1ccc(OC)c(CNC(=O)c2nc(-c3nn(-c4ccc(F)cc4)c(=O)n(C)c3=O)no2)c1. The molecule has 0 aliphatic rings. The van der Waals surface area contributed by atoms with E-state index in [2.05, 4.69) is 20.6 Å². The van der Waals surface area contributed by atoms with Crippen LogP contribution in [0, 0.1) is 5.82 Å². The van der Waals surface area contributed by atoms with Gasteiger partial charge in [0.1, 0.15) is 17.3 Å². The summed E-state index contributed by atoms with van der Waals surface area (Å²) in [6.45, 7) is 0.0619. The van der Waals surface area contributed by atoms with Gasteiger partial charge in [-0.3, -0.25) is 14.2 Å². The molecule has 4 rings (SSSR count). The number of nitrogens with zero attached hydrogens (tertiary/aromatic N) is 5. The number of carbonyl (C=O) groups is 1. The van der Waals surface area contributed by atoms with Gasteiger partial charge in [-0.2, -0.15) is 14.8 Å². The Hall–Kier alpha value is -4.81. The number of halogens is 1. The van der Waals surface area contributed by atoms with Gasteiger partial charge in [0, 0.05) is 19.2 Å². The van der Waals surface area contributed by atoms with E-state index in [-0.39, 0.29) is 23.8 Å². The third-order valence-corrected chi connectivity index (χ3v) is 5.01. The van der Waals surface area contributed by atoms with Crippen molar-refractivity contribution < 1.29 is 23.2 Å². The Kier molecular flexibility index (Phi) is 6.40. The molecule has 0 radical (unpaired) electrons. The average Bonchev–Trinajstić information content (AvgIpc) is 3.36. The smallest absolute Gasteiger partial charge is 0.351 e. The van der Waals surface area contributed by atoms with Crippen molar-refractivity contribution in [3.05, 3.63) is 80.6 Å². The first kappa shape index (κ1) is 23.4. The molecule has 13 heteroatoms. The molecule has 0 aliphatic heterocycles. The number of rotatable bonds is 7. The van der Waals surface area contributed by atoms with Crippen LogP contribution in [0.25, 0.3) is 17.2 Å². The van der Waals surface area contributed by atoms with Crippen molar-refractivity contribution >= 4 is 5.91 Å².